The fourth-order valence-corrected chi connectivity index (χ4v) is 8.49. The van der Waals surface area contributed by atoms with Crippen LogP contribution in [-0.2, 0) is 5.41 Å². The van der Waals surface area contributed by atoms with E-state index in [-0.39, 0.29) is 132 Å². The molecule has 0 amide bonds. The van der Waals surface area contributed by atoms with E-state index in [1.54, 1.807) is 35.2 Å². The lowest BCUT2D eigenvalue weighted by molar-refractivity contribution is 0.669. The Morgan fingerprint density at radius 1 is 0.283 bits per heavy atom. The van der Waals surface area contributed by atoms with Crippen LogP contribution in [0.2, 0.25) is 0 Å². The molecule has 0 saturated heterocycles. The Morgan fingerprint density at radius 3 is 0.917 bits per heavy atom. The van der Waals surface area contributed by atoms with Gasteiger partial charge in [-0.15, -0.1) is 49.2 Å². The molecular weight excluding hydrogens is 699 g/mol. The van der Waals surface area contributed by atoms with E-state index in [9.17, 15) is 0 Å². The summed E-state index contributed by atoms with van der Waals surface area (Å²) in [7, 11) is 130. The minimum absolute atomic E-state index is 0.00379. The van der Waals surface area contributed by atoms with Crippen LogP contribution in [0.1, 0.15) is 25.0 Å². The summed E-state index contributed by atoms with van der Waals surface area (Å²) in [6.45, 7) is 3.83. The molecule has 60 heavy (non-hydrogen) atoms. The largest absolute Gasteiger partial charge is 0.310 e. The van der Waals surface area contributed by atoms with Gasteiger partial charge in [0.25, 0.3) is 0 Å². The number of anilines is 3. The molecule has 0 saturated carbocycles. The molecular formula is C39H11B20N. The standard InChI is InChI=1S/C39H11B20N/c1-39(2)22-18(19-23(39)30(51)36(57)31(52)25(19)46)15(7-14(44)24(22)45)60(8-3-10(40)16(11(41)4-8)20-26(47)32(53)37(58)33(54)27(20)48)9-5-12(42)17(13(43)6-9)21-28(49)34(55)38(59)35(56)29(21)50/h3-7H,1-2H3. The highest BCUT2D eigenvalue weighted by atomic mass is 15.1. The SMILES string of the molecule is [B]c1cc(N(c2cc([B])c(-c3c([B])c([B])c([B])c([B])c3[B])c([B])c2)c2cc([B])c(-c3c([B])c([B])c([B])c([B])c3[B])c([B])c2)c2c(c1[B])C(C)(C)c1c([B])c([B])c([B])c([B])c1-2. The molecule has 1 nitrogen and oxygen atoms in total. The van der Waals surface area contributed by atoms with Gasteiger partial charge in [-0.25, -0.2) is 0 Å². The van der Waals surface area contributed by atoms with Crippen molar-refractivity contribution in [1.82, 2.24) is 0 Å². The van der Waals surface area contributed by atoms with Crippen molar-refractivity contribution in [3.05, 3.63) is 41.5 Å². The molecule has 0 bridgehead atoms. The Balaban J connectivity index is 1.61. The molecule has 0 unspecified atom stereocenters. The maximum absolute atomic E-state index is 6.87. The molecule has 7 rings (SSSR count). The van der Waals surface area contributed by atoms with Crippen LogP contribution in [0.3, 0.4) is 0 Å². The van der Waals surface area contributed by atoms with E-state index in [1.807, 2.05) is 13.8 Å². The van der Waals surface area contributed by atoms with Crippen LogP contribution in [0, 0.1) is 0 Å². The van der Waals surface area contributed by atoms with Crippen LogP contribution >= 0.6 is 0 Å². The maximum Gasteiger partial charge on any atom is 0.114 e. The summed E-state index contributed by atoms with van der Waals surface area (Å²) in [6.07, 6.45) is 0. The van der Waals surface area contributed by atoms with Gasteiger partial charge in [0.2, 0.25) is 0 Å². The summed E-state index contributed by atoms with van der Waals surface area (Å²) < 4.78 is 0. The average molecular weight is 710 g/mol. The summed E-state index contributed by atoms with van der Waals surface area (Å²) >= 11 is 0. The molecule has 21 heteroatoms. The predicted molar refractivity (Wildman–Crippen MR) is 277 cm³/mol. The fraction of sp³-hybridized carbons (Fsp3) is 0.0769. The second-order valence-corrected chi connectivity index (χ2v) is 15.4. The van der Waals surface area contributed by atoms with E-state index >= 15 is 0 Å². The molecule has 0 spiro atoms. The summed E-state index contributed by atoms with van der Waals surface area (Å²) in [6, 6.07) is 8.09. The quantitative estimate of drug-likeness (QED) is 0.161. The highest BCUT2D eigenvalue weighted by molar-refractivity contribution is 6.71. The van der Waals surface area contributed by atoms with Gasteiger partial charge in [-0.3, -0.25) is 0 Å². The lowest BCUT2D eigenvalue weighted by atomic mass is 9.58. The van der Waals surface area contributed by atoms with E-state index in [4.69, 9.17) is 157 Å². The second-order valence-electron chi connectivity index (χ2n) is 15.4. The van der Waals surface area contributed by atoms with Crippen molar-refractivity contribution >= 4 is 283 Å². The first-order chi connectivity index (χ1) is 27.9. The third kappa shape index (κ3) is 6.35. The molecule has 1 aliphatic carbocycles. The molecule has 0 aliphatic heterocycles. The van der Waals surface area contributed by atoms with Gasteiger partial charge in [-0.1, -0.05) is 73.9 Å². The topological polar surface area (TPSA) is 3.24 Å². The first kappa shape index (κ1) is 44.5. The summed E-state index contributed by atoms with van der Waals surface area (Å²) in [5.74, 6) is 0. The number of rotatable bonds is 5. The second kappa shape index (κ2) is 15.3. The average Bonchev–Trinajstić information content (AvgIpc) is 3.44. The Morgan fingerprint density at radius 2 is 0.567 bits per heavy atom. The third-order valence-corrected chi connectivity index (χ3v) is 11.6. The van der Waals surface area contributed by atoms with Crippen molar-refractivity contribution < 1.29 is 0 Å². The van der Waals surface area contributed by atoms with Crippen LogP contribution in [0.15, 0.2) is 30.3 Å². The molecule has 0 heterocycles. The van der Waals surface area contributed by atoms with Gasteiger partial charge in [-0.2, -0.15) is 0 Å². The molecule has 6 aromatic rings. The normalized spacial score (nSPS) is 12.6. The number of fused-ring (bicyclic) bond motifs is 3. The van der Waals surface area contributed by atoms with E-state index < -0.39 is 5.41 Å². The summed E-state index contributed by atoms with van der Waals surface area (Å²) in [5, 5.41) is 0. The van der Waals surface area contributed by atoms with E-state index in [0.717, 1.165) is 0 Å². The van der Waals surface area contributed by atoms with Crippen molar-refractivity contribution in [3.8, 4) is 33.4 Å². The van der Waals surface area contributed by atoms with Crippen LogP contribution in [0.25, 0.3) is 33.4 Å². The fourth-order valence-electron chi connectivity index (χ4n) is 8.49. The lowest BCUT2D eigenvalue weighted by Gasteiger charge is -2.34. The first-order valence-corrected chi connectivity index (χ1v) is 18.1. The van der Waals surface area contributed by atoms with E-state index in [2.05, 4.69) is 0 Å². The first-order valence-electron chi connectivity index (χ1n) is 18.1. The van der Waals surface area contributed by atoms with Crippen LogP contribution < -0.4 is 114 Å². The van der Waals surface area contributed by atoms with Crippen molar-refractivity contribution in [2.24, 2.45) is 0 Å². The Kier molecular flexibility index (Phi) is 11.4. The van der Waals surface area contributed by atoms with Crippen molar-refractivity contribution in [1.29, 1.82) is 0 Å². The highest BCUT2D eigenvalue weighted by Gasteiger charge is 2.42. The zero-order valence-corrected chi connectivity index (χ0v) is 32.9. The van der Waals surface area contributed by atoms with Gasteiger partial charge in [0.1, 0.15) is 157 Å². The van der Waals surface area contributed by atoms with Gasteiger partial charge >= 0.3 is 0 Å². The molecule has 6 aromatic carbocycles. The van der Waals surface area contributed by atoms with Gasteiger partial charge < -0.3 is 4.90 Å². The van der Waals surface area contributed by atoms with Crippen LogP contribution in [-0.4, -0.2) is 157 Å². The summed E-state index contributed by atoms with van der Waals surface area (Å²) in [4.78, 5) is 1.74. The van der Waals surface area contributed by atoms with Crippen molar-refractivity contribution in [3.63, 3.8) is 0 Å². The zero-order valence-electron chi connectivity index (χ0n) is 32.9. The molecule has 40 radical (unpaired) electrons. The van der Waals surface area contributed by atoms with Crippen molar-refractivity contribution in [2.45, 2.75) is 19.3 Å². The van der Waals surface area contributed by atoms with E-state index in [0.29, 0.717) is 39.3 Å². The molecule has 232 valence electrons. The molecule has 0 N–H and O–H groups in total. The number of benzene rings is 6. The van der Waals surface area contributed by atoms with Gasteiger partial charge in [0.05, 0.1) is 5.69 Å². The number of hydrogen-bond acceptors (Lipinski definition) is 1. The van der Waals surface area contributed by atoms with Crippen molar-refractivity contribution in [2.75, 3.05) is 4.90 Å². The molecule has 0 atom stereocenters. The molecule has 0 aromatic heterocycles. The maximum atomic E-state index is 6.87. The highest BCUT2D eigenvalue weighted by Crippen LogP contribution is 2.51. The molecule has 0 fully saturated rings. The van der Waals surface area contributed by atoms with Gasteiger partial charge in [0.15, 0.2) is 0 Å². The Bertz CT molecular complexity index is 2690. The third-order valence-electron chi connectivity index (χ3n) is 11.6. The van der Waals surface area contributed by atoms with E-state index in [1.165, 1.54) is 0 Å². The van der Waals surface area contributed by atoms with Gasteiger partial charge in [0, 0.05) is 22.4 Å². The predicted octanol–water partition coefficient (Wildman–Crippen LogP) is -13.3. The minimum atomic E-state index is -0.914. The van der Waals surface area contributed by atoms with Crippen LogP contribution in [0.4, 0.5) is 17.1 Å². The monoisotopic (exact) mass is 713 g/mol. The lowest BCUT2D eigenvalue weighted by Crippen LogP contribution is -2.56. The number of nitrogens with zero attached hydrogens (tertiary/aromatic N) is 1. The smallest absolute Gasteiger partial charge is 0.114 e. The molecule has 1 aliphatic rings. The Labute approximate surface area is 380 Å². The zero-order chi connectivity index (χ0) is 44.5. The minimum Gasteiger partial charge on any atom is -0.310 e. The Hall–Kier alpha value is -3.58. The van der Waals surface area contributed by atoms with Gasteiger partial charge in [-0.05, 0) is 69.3 Å². The summed E-state index contributed by atoms with van der Waals surface area (Å²) in [5.41, 5.74) is 4.76. The van der Waals surface area contributed by atoms with Crippen LogP contribution in [0.5, 0.6) is 0 Å². The number of hydrogen-bond donors (Lipinski definition) is 0.